The Balaban J connectivity index is 1.77. The van der Waals surface area contributed by atoms with Crippen LogP contribution in [0.2, 0.25) is 0 Å². The SMILES string of the molecule is CCN(CC)S(=O)(=O)c1ccc2oc(-c3nc(-c4ccccn4)no3)c(C)c2c1. The van der Waals surface area contributed by atoms with Gasteiger partial charge >= 0.3 is 0 Å². The van der Waals surface area contributed by atoms with E-state index >= 15 is 0 Å². The molecule has 0 radical (unpaired) electrons. The Labute approximate surface area is 168 Å². The van der Waals surface area contributed by atoms with Crippen LogP contribution >= 0.6 is 0 Å². The van der Waals surface area contributed by atoms with Gasteiger partial charge in [-0.25, -0.2) is 8.42 Å². The van der Waals surface area contributed by atoms with Crippen LogP contribution in [0.4, 0.5) is 0 Å². The molecule has 9 heteroatoms. The van der Waals surface area contributed by atoms with Crippen molar-refractivity contribution >= 4 is 21.0 Å². The first kappa shape index (κ1) is 19.3. The summed E-state index contributed by atoms with van der Waals surface area (Å²) in [6.07, 6.45) is 1.65. The molecule has 0 atom stereocenters. The van der Waals surface area contributed by atoms with Gasteiger partial charge in [-0.15, -0.1) is 0 Å². The molecule has 0 aliphatic rings. The van der Waals surface area contributed by atoms with Crippen LogP contribution in [0.3, 0.4) is 0 Å². The molecular weight excluding hydrogens is 392 g/mol. The molecule has 4 rings (SSSR count). The summed E-state index contributed by atoms with van der Waals surface area (Å²) in [4.78, 5) is 8.80. The summed E-state index contributed by atoms with van der Waals surface area (Å²) in [7, 11) is -3.56. The van der Waals surface area contributed by atoms with Crippen molar-refractivity contribution in [1.82, 2.24) is 19.4 Å². The van der Waals surface area contributed by atoms with Gasteiger partial charge in [0.25, 0.3) is 5.89 Å². The molecule has 0 saturated carbocycles. The van der Waals surface area contributed by atoms with E-state index in [1.54, 1.807) is 36.5 Å². The molecule has 0 bridgehead atoms. The number of aromatic nitrogens is 3. The average molecular weight is 412 g/mol. The Morgan fingerprint density at radius 1 is 1.10 bits per heavy atom. The van der Waals surface area contributed by atoms with Crippen molar-refractivity contribution in [2.75, 3.05) is 13.1 Å². The predicted octanol–water partition coefficient (Wildman–Crippen LogP) is 3.88. The van der Waals surface area contributed by atoms with Crippen LogP contribution in [0, 0.1) is 6.92 Å². The van der Waals surface area contributed by atoms with Crippen molar-refractivity contribution in [2.24, 2.45) is 0 Å². The first-order chi connectivity index (χ1) is 14.0. The van der Waals surface area contributed by atoms with E-state index in [1.807, 2.05) is 26.8 Å². The minimum atomic E-state index is -3.56. The Morgan fingerprint density at radius 3 is 2.59 bits per heavy atom. The quantitative estimate of drug-likeness (QED) is 0.473. The molecule has 8 nitrogen and oxygen atoms in total. The fourth-order valence-electron chi connectivity index (χ4n) is 3.19. The lowest BCUT2D eigenvalue weighted by Crippen LogP contribution is -2.30. The van der Waals surface area contributed by atoms with Crippen LogP contribution in [0.25, 0.3) is 34.1 Å². The maximum atomic E-state index is 12.8. The second-order valence-electron chi connectivity index (χ2n) is 6.44. The molecule has 0 spiro atoms. The van der Waals surface area contributed by atoms with Crippen LogP contribution in [-0.2, 0) is 10.0 Å². The molecule has 0 saturated heterocycles. The van der Waals surface area contributed by atoms with Gasteiger partial charge in [0.2, 0.25) is 15.8 Å². The normalized spacial score (nSPS) is 12.1. The van der Waals surface area contributed by atoms with E-state index in [9.17, 15) is 8.42 Å². The highest BCUT2D eigenvalue weighted by Crippen LogP contribution is 2.34. The van der Waals surface area contributed by atoms with Gasteiger partial charge in [-0.3, -0.25) is 4.98 Å². The smallest absolute Gasteiger partial charge is 0.294 e. The third-order valence-electron chi connectivity index (χ3n) is 4.77. The molecule has 150 valence electrons. The highest BCUT2D eigenvalue weighted by atomic mass is 32.2. The van der Waals surface area contributed by atoms with E-state index in [1.165, 1.54) is 4.31 Å². The Hall–Kier alpha value is -3.04. The predicted molar refractivity (Wildman–Crippen MR) is 108 cm³/mol. The van der Waals surface area contributed by atoms with Crippen molar-refractivity contribution in [1.29, 1.82) is 0 Å². The summed E-state index contributed by atoms with van der Waals surface area (Å²) in [6, 6.07) is 10.3. The van der Waals surface area contributed by atoms with Crippen molar-refractivity contribution in [3.63, 3.8) is 0 Å². The zero-order valence-electron chi connectivity index (χ0n) is 16.3. The highest BCUT2D eigenvalue weighted by molar-refractivity contribution is 7.89. The molecule has 0 unspecified atom stereocenters. The number of furan rings is 1. The number of hydrogen-bond acceptors (Lipinski definition) is 7. The van der Waals surface area contributed by atoms with E-state index in [-0.39, 0.29) is 10.8 Å². The lowest BCUT2D eigenvalue weighted by Gasteiger charge is -2.18. The summed E-state index contributed by atoms with van der Waals surface area (Å²) < 4.78 is 38.3. The molecule has 4 aromatic rings. The maximum absolute atomic E-state index is 12.8. The van der Waals surface area contributed by atoms with Gasteiger partial charge in [-0.1, -0.05) is 25.1 Å². The molecule has 0 aliphatic carbocycles. The minimum Gasteiger partial charge on any atom is -0.451 e. The zero-order valence-corrected chi connectivity index (χ0v) is 17.1. The van der Waals surface area contributed by atoms with Crippen molar-refractivity contribution in [3.05, 3.63) is 48.2 Å². The first-order valence-corrected chi connectivity index (χ1v) is 10.7. The molecule has 0 N–H and O–H groups in total. The molecule has 0 amide bonds. The Bertz CT molecular complexity index is 1260. The van der Waals surface area contributed by atoms with E-state index in [2.05, 4.69) is 15.1 Å². The number of nitrogens with zero attached hydrogens (tertiary/aromatic N) is 4. The maximum Gasteiger partial charge on any atom is 0.294 e. The number of rotatable bonds is 6. The minimum absolute atomic E-state index is 0.215. The fraction of sp³-hybridized carbons (Fsp3) is 0.250. The van der Waals surface area contributed by atoms with Crippen LogP contribution in [-0.4, -0.2) is 40.9 Å². The standard InChI is InChI=1S/C20H20N4O4S/c1-4-24(5-2)29(25,26)14-9-10-17-15(12-14)13(3)18(27-17)20-22-19(23-28-20)16-8-6-7-11-21-16/h6-12H,4-5H2,1-3H3. The van der Waals surface area contributed by atoms with Gasteiger partial charge < -0.3 is 8.94 Å². The van der Waals surface area contributed by atoms with Gasteiger partial charge in [0, 0.05) is 30.2 Å². The Kier molecular flexibility index (Phi) is 4.93. The molecule has 1 aromatic carbocycles. The van der Waals surface area contributed by atoms with Crippen molar-refractivity contribution in [3.8, 4) is 23.2 Å². The van der Waals surface area contributed by atoms with Gasteiger partial charge in [-0.05, 0) is 37.3 Å². The molecule has 29 heavy (non-hydrogen) atoms. The zero-order chi connectivity index (χ0) is 20.6. The van der Waals surface area contributed by atoms with Crippen molar-refractivity contribution in [2.45, 2.75) is 25.7 Å². The molecule has 3 heterocycles. The third kappa shape index (κ3) is 3.32. The van der Waals surface area contributed by atoms with Gasteiger partial charge in [0.1, 0.15) is 11.3 Å². The fourth-order valence-corrected chi connectivity index (χ4v) is 4.68. The molecule has 0 aliphatic heterocycles. The lowest BCUT2D eigenvalue weighted by molar-refractivity contribution is 0.419. The number of pyridine rings is 1. The van der Waals surface area contributed by atoms with Crippen LogP contribution in [0.5, 0.6) is 0 Å². The number of sulfonamides is 1. The van der Waals surface area contributed by atoms with Crippen LogP contribution < -0.4 is 0 Å². The van der Waals surface area contributed by atoms with E-state index in [4.69, 9.17) is 8.94 Å². The summed E-state index contributed by atoms with van der Waals surface area (Å²) >= 11 is 0. The summed E-state index contributed by atoms with van der Waals surface area (Å²) in [5.74, 6) is 0.977. The topological polar surface area (TPSA) is 102 Å². The van der Waals surface area contributed by atoms with E-state index < -0.39 is 10.0 Å². The second-order valence-corrected chi connectivity index (χ2v) is 8.38. The van der Waals surface area contributed by atoms with E-state index in [0.29, 0.717) is 41.3 Å². The number of hydrogen-bond donors (Lipinski definition) is 0. The first-order valence-electron chi connectivity index (χ1n) is 9.24. The average Bonchev–Trinajstić information content (AvgIpc) is 3.34. The molecule has 3 aromatic heterocycles. The van der Waals surface area contributed by atoms with Gasteiger partial charge in [-0.2, -0.15) is 9.29 Å². The summed E-state index contributed by atoms with van der Waals surface area (Å²) in [6.45, 7) is 6.28. The van der Waals surface area contributed by atoms with Crippen LogP contribution in [0.1, 0.15) is 19.4 Å². The lowest BCUT2D eigenvalue weighted by atomic mass is 10.1. The van der Waals surface area contributed by atoms with Gasteiger partial charge in [0.05, 0.1) is 4.90 Å². The number of aryl methyl sites for hydroxylation is 1. The molecular formula is C20H20N4O4S. The summed E-state index contributed by atoms with van der Waals surface area (Å²) in [5, 5.41) is 4.65. The number of fused-ring (bicyclic) bond motifs is 1. The Morgan fingerprint density at radius 2 is 1.90 bits per heavy atom. The third-order valence-corrected chi connectivity index (χ3v) is 6.81. The number of benzene rings is 1. The highest BCUT2D eigenvalue weighted by Gasteiger charge is 2.24. The monoisotopic (exact) mass is 412 g/mol. The second kappa shape index (κ2) is 7.41. The van der Waals surface area contributed by atoms with E-state index in [0.717, 1.165) is 5.56 Å². The van der Waals surface area contributed by atoms with Crippen molar-refractivity contribution < 1.29 is 17.4 Å². The van der Waals surface area contributed by atoms with Gasteiger partial charge in [0.15, 0.2) is 5.76 Å². The van der Waals surface area contributed by atoms with Crippen LogP contribution in [0.15, 0.2) is 56.4 Å². The molecule has 0 fully saturated rings. The summed E-state index contributed by atoms with van der Waals surface area (Å²) in [5.41, 5.74) is 1.87. The largest absolute Gasteiger partial charge is 0.451 e.